The molecule has 0 aliphatic heterocycles. The smallest absolute Gasteiger partial charge is 0.147 e. The summed E-state index contributed by atoms with van der Waals surface area (Å²) in [4.78, 5) is 0. The topological polar surface area (TPSA) is 18.5 Å². The Morgan fingerprint density at radius 1 is 0.500 bits per heavy atom. The van der Waals surface area contributed by atoms with E-state index in [0.29, 0.717) is 11.8 Å². The lowest BCUT2D eigenvalue weighted by Gasteiger charge is -2.21. The van der Waals surface area contributed by atoms with E-state index in [1.807, 2.05) is 45.3 Å². The molecule has 0 aliphatic carbocycles. The largest absolute Gasteiger partial charge is 0.491 e. The summed E-state index contributed by atoms with van der Waals surface area (Å²) in [6, 6.07) is 4.59. The number of fused-ring (bicyclic) bond motifs is 6. The minimum atomic E-state index is 0.624. The first-order valence-corrected chi connectivity index (χ1v) is 21.1. The van der Waals surface area contributed by atoms with E-state index in [0.717, 1.165) is 24.7 Å². The van der Waals surface area contributed by atoms with E-state index in [9.17, 15) is 0 Å². The lowest BCUT2D eigenvalue weighted by atomic mass is 9.96. The Labute approximate surface area is 282 Å². The average Bonchev–Trinajstić information content (AvgIpc) is 3.81. The first-order valence-electron chi connectivity index (χ1n) is 17.7. The van der Waals surface area contributed by atoms with E-state index < -0.39 is 0 Å². The number of benzene rings is 1. The van der Waals surface area contributed by atoms with Gasteiger partial charge in [0, 0.05) is 9.40 Å². The van der Waals surface area contributed by atoms with Crippen molar-refractivity contribution in [2.24, 2.45) is 11.8 Å². The van der Waals surface area contributed by atoms with Crippen LogP contribution in [0.3, 0.4) is 0 Å². The van der Waals surface area contributed by atoms with Crippen LogP contribution in [0, 0.1) is 11.8 Å². The SMILES string of the molecule is CCCCCCC(CCCC)COc1c2sc3ccsc3c2c(OCC(CCCC)CCCCCC)c2sc3ccsc3c12. The summed E-state index contributed by atoms with van der Waals surface area (Å²) in [5, 5.41) is 7.11. The molecule has 1 aromatic carbocycles. The van der Waals surface area contributed by atoms with Gasteiger partial charge in [0.15, 0.2) is 0 Å². The molecule has 4 aromatic heterocycles. The summed E-state index contributed by atoms with van der Waals surface area (Å²) in [6.07, 6.45) is 20.8. The van der Waals surface area contributed by atoms with Crippen LogP contribution in [0.1, 0.15) is 130 Å². The molecule has 5 aromatic rings. The summed E-state index contributed by atoms with van der Waals surface area (Å²) in [5.74, 6) is 3.50. The third-order valence-corrected chi connectivity index (χ3v) is 13.7. The van der Waals surface area contributed by atoms with Crippen molar-refractivity contribution in [1.82, 2.24) is 0 Å². The molecule has 5 rings (SSSR count). The second-order valence-electron chi connectivity index (χ2n) is 12.8. The van der Waals surface area contributed by atoms with Crippen molar-refractivity contribution in [2.45, 2.75) is 130 Å². The van der Waals surface area contributed by atoms with E-state index in [1.165, 1.54) is 142 Å². The van der Waals surface area contributed by atoms with E-state index in [4.69, 9.17) is 9.47 Å². The van der Waals surface area contributed by atoms with Gasteiger partial charge in [0.05, 0.1) is 42.8 Å². The van der Waals surface area contributed by atoms with Crippen molar-refractivity contribution >= 4 is 84.3 Å². The highest BCUT2D eigenvalue weighted by Crippen LogP contribution is 2.56. The predicted octanol–water partition coefficient (Wildman–Crippen LogP) is 14.9. The number of hydrogen-bond donors (Lipinski definition) is 0. The van der Waals surface area contributed by atoms with E-state index >= 15 is 0 Å². The lowest BCUT2D eigenvalue weighted by Crippen LogP contribution is -2.14. The molecule has 0 spiro atoms. The molecule has 242 valence electrons. The van der Waals surface area contributed by atoms with Gasteiger partial charge in [-0.15, -0.1) is 45.3 Å². The number of thiophene rings is 4. The van der Waals surface area contributed by atoms with Crippen LogP contribution in [-0.4, -0.2) is 13.2 Å². The van der Waals surface area contributed by atoms with Crippen LogP contribution in [0.2, 0.25) is 0 Å². The number of hydrogen-bond acceptors (Lipinski definition) is 6. The molecule has 44 heavy (non-hydrogen) atoms. The predicted molar refractivity (Wildman–Crippen MR) is 203 cm³/mol. The highest BCUT2D eigenvalue weighted by atomic mass is 32.1. The molecule has 0 radical (unpaired) electrons. The second kappa shape index (κ2) is 17.5. The van der Waals surface area contributed by atoms with Gasteiger partial charge in [-0.1, -0.05) is 105 Å². The molecule has 2 nitrogen and oxygen atoms in total. The van der Waals surface area contributed by atoms with Gasteiger partial charge in [0.2, 0.25) is 0 Å². The summed E-state index contributed by atoms with van der Waals surface area (Å²) >= 11 is 7.56. The van der Waals surface area contributed by atoms with Gasteiger partial charge in [-0.05, 0) is 60.4 Å². The molecule has 0 bridgehead atoms. The molecule has 0 N–H and O–H groups in total. The van der Waals surface area contributed by atoms with Crippen LogP contribution in [-0.2, 0) is 0 Å². The Bertz CT molecular complexity index is 1440. The molecule has 0 aliphatic rings. The van der Waals surface area contributed by atoms with Crippen molar-refractivity contribution < 1.29 is 9.47 Å². The van der Waals surface area contributed by atoms with E-state index in [2.05, 4.69) is 50.6 Å². The van der Waals surface area contributed by atoms with E-state index in [1.54, 1.807) is 0 Å². The molecule has 0 saturated heterocycles. The summed E-state index contributed by atoms with van der Waals surface area (Å²) in [5.41, 5.74) is 0. The standard InChI is InChI=1S/C38H54O2S4/c1-5-9-13-15-19-27(17-11-7-3)25-39-33-31-35-29(21-23-41-35)44-38(31)34(32-36-30(22-24-42-36)43-37(32)33)40-26-28(18-12-8-4)20-16-14-10-6-2/h21-24,27-28H,5-20,25-26H2,1-4H3. The third-order valence-electron chi connectivity index (χ3n) is 9.25. The highest BCUT2D eigenvalue weighted by Gasteiger charge is 2.26. The molecule has 0 saturated carbocycles. The fourth-order valence-corrected chi connectivity index (χ4v) is 11.3. The molecule has 2 atom stereocenters. The maximum Gasteiger partial charge on any atom is 0.147 e. The van der Waals surface area contributed by atoms with Crippen LogP contribution in [0.4, 0.5) is 0 Å². The third kappa shape index (κ3) is 8.14. The summed E-state index contributed by atoms with van der Waals surface area (Å²) in [7, 11) is 0. The minimum absolute atomic E-state index is 0.624. The number of rotatable bonds is 22. The maximum atomic E-state index is 7.07. The first kappa shape index (κ1) is 34.0. The lowest BCUT2D eigenvalue weighted by molar-refractivity contribution is 0.227. The van der Waals surface area contributed by atoms with Crippen LogP contribution < -0.4 is 9.47 Å². The molecule has 4 heterocycles. The highest BCUT2D eigenvalue weighted by molar-refractivity contribution is 7.34. The van der Waals surface area contributed by atoms with Crippen molar-refractivity contribution in [3.05, 3.63) is 22.9 Å². The van der Waals surface area contributed by atoms with Crippen LogP contribution in [0.5, 0.6) is 11.5 Å². The molecule has 0 fully saturated rings. The van der Waals surface area contributed by atoms with Gasteiger partial charge >= 0.3 is 0 Å². The normalized spacial score (nSPS) is 13.5. The van der Waals surface area contributed by atoms with Crippen LogP contribution in [0.15, 0.2) is 22.9 Å². The zero-order chi connectivity index (χ0) is 30.7. The van der Waals surface area contributed by atoms with Crippen molar-refractivity contribution in [2.75, 3.05) is 13.2 Å². The van der Waals surface area contributed by atoms with Crippen molar-refractivity contribution in [3.8, 4) is 11.5 Å². The van der Waals surface area contributed by atoms with Gasteiger partial charge in [-0.25, -0.2) is 0 Å². The Kier molecular flexibility index (Phi) is 13.6. The quantitative estimate of drug-likeness (QED) is 0.0682. The fraction of sp³-hybridized carbons (Fsp3) is 0.632. The number of ether oxygens (including phenoxy) is 2. The van der Waals surface area contributed by atoms with Crippen molar-refractivity contribution in [3.63, 3.8) is 0 Å². The van der Waals surface area contributed by atoms with E-state index in [-0.39, 0.29) is 0 Å². The Morgan fingerprint density at radius 3 is 1.32 bits per heavy atom. The molecular weight excluding hydrogens is 617 g/mol. The zero-order valence-corrected chi connectivity index (χ0v) is 30.9. The second-order valence-corrected chi connectivity index (χ2v) is 16.8. The first-order chi connectivity index (χ1) is 21.7. The molecular formula is C38H54O2S4. The van der Waals surface area contributed by atoms with Crippen molar-refractivity contribution in [1.29, 1.82) is 0 Å². The van der Waals surface area contributed by atoms with Gasteiger partial charge in [0.1, 0.15) is 11.5 Å². The zero-order valence-electron chi connectivity index (χ0n) is 27.6. The molecule has 0 amide bonds. The van der Waals surface area contributed by atoms with Crippen LogP contribution >= 0.6 is 45.3 Å². The van der Waals surface area contributed by atoms with Gasteiger partial charge in [-0.2, -0.15) is 0 Å². The monoisotopic (exact) mass is 670 g/mol. The Morgan fingerprint density at radius 2 is 0.909 bits per heavy atom. The van der Waals surface area contributed by atoms with Gasteiger partial charge in [0.25, 0.3) is 0 Å². The summed E-state index contributed by atoms with van der Waals surface area (Å²) in [6.45, 7) is 10.9. The molecule has 2 unspecified atom stereocenters. The summed E-state index contributed by atoms with van der Waals surface area (Å²) < 4.78 is 22.2. The Hall–Kier alpha value is -1.34. The molecule has 6 heteroatoms. The minimum Gasteiger partial charge on any atom is -0.491 e. The number of unbranched alkanes of at least 4 members (excludes halogenated alkanes) is 8. The fourth-order valence-electron chi connectivity index (χ4n) is 6.61. The average molecular weight is 671 g/mol. The van der Waals surface area contributed by atoms with Gasteiger partial charge < -0.3 is 9.47 Å². The maximum absolute atomic E-state index is 7.07. The van der Waals surface area contributed by atoms with Crippen LogP contribution in [0.25, 0.3) is 39.0 Å². The van der Waals surface area contributed by atoms with Gasteiger partial charge in [-0.3, -0.25) is 0 Å². The Balaban J connectivity index is 1.51.